The fraction of sp³-hybridized carbons (Fsp3) is 0.455. The number of benzene rings is 1. The van der Waals surface area contributed by atoms with E-state index in [9.17, 15) is 8.42 Å². The lowest BCUT2D eigenvalue weighted by Gasteiger charge is -2.31. The number of aliphatic hydroxyl groups is 1. The second kappa shape index (κ2) is 5.05. The Hall–Kier alpha value is -0.820. The van der Waals surface area contributed by atoms with Gasteiger partial charge in [-0.3, -0.25) is 0 Å². The number of hydrogen-bond acceptors (Lipinski definition) is 4. The van der Waals surface area contributed by atoms with E-state index in [0.717, 1.165) is 0 Å². The van der Waals surface area contributed by atoms with Gasteiger partial charge in [-0.25, -0.2) is 13.1 Å². The SMILES string of the molecule is Nc1cc(Cl)ccc1S(=O)(=O)NCC1CC(O)C1. The molecule has 18 heavy (non-hydrogen) atoms. The number of halogens is 1. The Balaban J connectivity index is 2.06. The van der Waals surface area contributed by atoms with Gasteiger partial charge < -0.3 is 10.8 Å². The number of rotatable bonds is 4. The van der Waals surface area contributed by atoms with Crippen LogP contribution in [-0.2, 0) is 10.0 Å². The van der Waals surface area contributed by atoms with Gasteiger partial charge in [0.15, 0.2) is 0 Å². The molecule has 0 spiro atoms. The fourth-order valence-electron chi connectivity index (χ4n) is 1.94. The molecule has 0 aliphatic heterocycles. The topological polar surface area (TPSA) is 92.4 Å². The van der Waals surface area contributed by atoms with E-state index in [4.69, 9.17) is 22.4 Å². The predicted octanol–water partition coefficient (Wildman–Crippen LogP) is 0.971. The van der Waals surface area contributed by atoms with Gasteiger partial charge >= 0.3 is 0 Å². The molecule has 1 saturated carbocycles. The van der Waals surface area contributed by atoms with Crippen molar-refractivity contribution in [3.63, 3.8) is 0 Å². The standard InChI is InChI=1S/C11H15ClN2O3S/c12-8-1-2-11(10(13)5-8)18(16,17)14-6-7-3-9(15)4-7/h1-2,5,7,9,14-15H,3-4,6,13H2. The predicted molar refractivity (Wildman–Crippen MR) is 69.8 cm³/mol. The van der Waals surface area contributed by atoms with Crippen molar-refractivity contribution in [3.8, 4) is 0 Å². The van der Waals surface area contributed by atoms with Crippen molar-refractivity contribution in [3.05, 3.63) is 23.2 Å². The first-order valence-corrected chi connectivity index (χ1v) is 7.47. The number of nitrogens with one attached hydrogen (secondary N) is 1. The number of aliphatic hydroxyl groups excluding tert-OH is 1. The Morgan fingerprint density at radius 1 is 1.44 bits per heavy atom. The number of sulfonamides is 1. The van der Waals surface area contributed by atoms with Gasteiger partial charge in [-0.2, -0.15) is 0 Å². The lowest BCUT2D eigenvalue weighted by Crippen LogP contribution is -2.38. The van der Waals surface area contributed by atoms with Crippen LogP contribution < -0.4 is 10.5 Å². The van der Waals surface area contributed by atoms with Gasteiger partial charge in [0.25, 0.3) is 0 Å². The van der Waals surface area contributed by atoms with Crippen molar-refractivity contribution in [1.82, 2.24) is 4.72 Å². The minimum atomic E-state index is -3.61. The molecule has 0 heterocycles. The zero-order chi connectivity index (χ0) is 13.3. The van der Waals surface area contributed by atoms with E-state index in [1.54, 1.807) is 0 Å². The molecular formula is C11H15ClN2O3S. The van der Waals surface area contributed by atoms with E-state index in [-0.39, 0.29) is 22.6 Å². The first-order valence-electron chi connectivity index (χ1n) is 5.61. The van der Waals surface area contributed by atoms with Crippen LogP contribution in [0, 0.1) is 5.92 Å². The van der Waals surface area contributed by atoms with E-state index >= 15 is 0 Å². The van der Waals surface area contributed by atoms with Gasteiger partial charge in [-0.15, -0.1) is 0 Å². The highest BCUT2D eigenvalue weighted by Gasteiger charge is 2.28. The third-order valence-electron chi connectivity index (χ3n) is 3.03. The van der Waals surface area contributed by atoms with Crippen molar-refractivity contribution >= 4 is 27.3 Å². The first-order chi connectivity index (χ1) is 8.38. The summed E-state index contributed by atoms with van der Waals surface area (Å²) in [5.74, 6) is 0.197. The van der Waals surface area contributed by atoms with E-state index in [2.05, 4.69) is 4.72 Å². The molecule has 1 aromatic rings. The van der Waals surface area contributed by atoms with E-state index in [1.807, 2.05) is 0 Å². The van der Waals surface area contributed by atoms with Crippen molar-refractivity contribution in [2.75, 3.05) is 12.3 Å². The van der Waals surface area contributed by atoms with Crippen LogP contribution in [-0.4, -0.2) is 26.2 Å². The summed E-state index contributed by atoms with van der Waals surface area (Å²) in [7, 11) is -3.61. The quantitative estimate of drug-likeness (QED) is 0.721. The summed E-state index contributed by atoms with van der Waals surface area (Å²) in [5.41, 5.74) is 5.77. The van der Waals surface area contributed by atoms with E-state index in [1.165, 1.54) is 18.2 Å². The second-order valence-corrected chi connectivity index (χ2v) is 6.70. The third-order valence-corrected chi connectivity index (χ3v) is 4.77. The van der Waals surface area contributed by atoms with Gasteiger partial charge in [0.05, 0.1) is 11.8 Å². The molecule has 1 aliphatic rings. The van der Waals surface area contributed by atoms with Crippen molar-refractivity contribution in [2.45, 2.75) is 23.8 Å². The highest BCUT2D eigenvalue weighted by atomic mass is 35.5. The molecule has 2 rings (SSSR count). The lowest BCUT2D eigenvalue weighted by atomic mass is 9.83. The van der Waals surface area contributed by atoms with Crippen LogP contribution in [0.5, 0.6) is 0 Å². The number of anilines is 1. The molecule has 1 fully saturated rings. The maximum Gasteiger partial charge on any atom is 0.242 e. The first kappa shape index (κ1) is 13.6. The van der Waals surface area contributed by atoms with Crippen LogP contribution in [0.25, 0.3) is 0 Å². The van der Waals surface area contributed by atoms with Crippen LogP contribution in [0.2, 0.25) is 5.02 Å². The molecule has 0 amide bonds. The summed E-state index contributed by atoms with van der Waals surface area (Å²) in [6.07, 6.45) is 0.983. The van der Waals surface area contributed by atoms with E-state index < -0.39 is 10.0 Å². The maximum absolute atomic E-state index is 12.0. The summed E-state index contributed by atoms with van der Waals surface area (Å²) >= 11 is 5.72. The molecule has 4 N–H and O–H groups in total. The molecule has 0 radical (unpaired) electrons. The van der Waals surface area contributed by atoms with Crippen LogP contribution in [0.4, 0.5) is 5.69 Å². The monoisotopic (exact) mass is 290 g/mol. The summed E-state index contributed by atoms with van der Waals surface area (Å²) in [6.45, 7) is 0.321. The molecular weight excluding hydrogens is 276 g/mol. The average Bonchev–Trinajstić information content (AvgIpc) is 2.22. The zero-order valence-electron chi connectivity index (χ0n) is 9.64. The molecule has 7 heteroatoms. The minimum absolute atomic E-state index is 0.0340. The van der Waals surface area contributed by atoms with Gasteiger partial charge in [0, 0.05) is 11.6 Å². The van der Waals surface area contributed by atoms with Gasteiger partial charge in [-0.1, -0.05) is 11.6 Å². The number of nitrogen functional groups attached to an aromatic ring is 1. The Bertz CT molecular complexity index is 541. The normalized spacial score (nSPS) is 23.7. The molecule has 0 atom stereocenters. The Morgan fingerprint density at radius 3 is 2.67 bits per heavy atom. The van der Waals surface area contributed by atoms with Crippen LogP contribution in [0.15, 0.2) is 23.1 Å². The molecule has 5 nitrogen and oxygen atoms in total. The fourth-order valence-corrected chi connectivity index (χ4v) is 3.34. The highest BCUT2D eigenvalue weighted by Crippen LogP contribution is 2.27. The second-order valence-electron chi connectivity index (χ2n) is 4.53. The Morgan fingerprint density at radius 2 is 2.11 bits per heavy atom. The molecule has 0 bridgehead atoms. The largest absolute Gasteiger partial charge is 0.398 e. The molecule has 100 valence electrons. The molecule has 0 unspecified atom stereocenters. The summed E-state index contributed by atoms with van der Waals surface area (Å²) in [5, 5.41) is 9.52. The van der Waals surface area contributed by atoms with Gasteiger partial charge in [0.1, 0.15) is 4.90 Å². The molecule has 0 aromatic heterocycles. The van der Waals surface area contributed by atoms with Crippen LogP contribution in [0.1, 0.15) is 12.8 Å². The van der Waals surface area contributed by atoms with Crippen LogP contribution in [0.3, 0.4) is 0 Å². The summed E-state index contributed by atoms with van der Waals surface area (Å²) in [6, 6.07) is 4.28. The maximum atomic E-state index is 12.0. The zero-order valence-corrected chi connectivity index (χ0v) is 11.2. The Labute approximate surface area is 111 Å². The third kappa shape index (κ3) is 2.95. The van der Waals surface area contributed by atoms with Crippen molar-refractivity contribution < 1.29 is 13.5 Å². The summed E-state index contributed by atoms with van der Waals surface area (Å²) < 4.78 is 26.5. The molecule has 1 aromatic carbocycles. The number of hydrogen-bond donors (Lipinski definition) is 3. The minimum Gasteiger partial charge on any atom is -0.398 e. The lowest BCUT2D eigenvalue weighted by molar-refractivity contribution is 0.0453. The van der Waals surface area contributed by atoms with E-state index in [0.29, 0.717) is 24.4 Å². The number of nitrogens with two attached hydrogens (primary N) is 1. The average molecular weight is 291 g/mol. The van der Waals surface area contributed by atoms with Crippen molar-refractivity contribution in [1.29, 1.82) is 0 Å². The van der Waals surface area contributed by atoms with Crippen molar-refractivity contribution in [2.24, 2.45) is 5.92 Å². The molecule has 1 aliphatic carbocycles. The summed E-state index contributed by atoms with van der Waals surface area (Å²) in [4.78, 5) is 0.0340. The van der Waals surface area contributed by atoms with Crippen LogP contribution >= 0.6 is 11.6 Å². The van der Waals surface area contributed by atoms with Gasteiger partial charge in [0.2, 0.25) is 10.0 Å². The highest BCUT2D eigenvalue weighted by molar-refractivity contribution is 7.89. The smallest absolute Gasteiger partial charge is 0.242 e. The van der Waals surface area contributed by atoms with Gasteiger partial charge in [-0.05, 0) is 37.0 Å². The molecule has 0 saturated heterocycles. The Kier molecular flexibility index (Phi) is 3.82.